The molecule has 0 amide bonds. The number of rotatable bonds is 5. The summed E-state index contributed by atoms with van der Waals surface area (Å²) in [5, 5.41) is 13.0. The summed E-state index contributed by atoms with van der Waals surface area (Å²) in [6.07, 6.45) is 2.53. The maximum Gasteiger partial charge on any atom is 0.138 e. The lowest BCUT2D eigenvalue weighted by molar-refractivity contribution is -0.0103. The van der Waals surface area contributed by atoms with Crippen LogP contribution in [0.4, 0.5) is 0 Å². The maximum atomic E-state index is 9.65. The van der Waals surface area contributed by atoms with Gasteiger partial charge < -0.3 is 15.2 Å². The largest absolute Gasteiger partial charge is 0.506 e. The number of pyridine rings is 1. The van der Waals surface area contributed by atoms with Crippen molar-refractivity contribution in [3.8, 4) is 5.75 Å². The molecule has 1 aromatic heterocycles. The smallest absolute Gasteiger partial charge is 0.138 e. The monoisotopic (exact) mass is 236 g/mol. The van der Waals surface area contributed by atoms with E-state index in [9.17, 15) is 5.11 Å². The first kappa shape index (κ1) is 12.3. The van der Waals surface area contributed by atoms with Crippen LogP contribution in [0.1, 0.15) is 31.2 Å². The minimum absolute atomic E-state index is 0.267. The maximum absolute atomic E-state index is 9.65. The van der Waals surface area contributed by atoms with Crippen LogP contribution in [0.25, 0.3) is 0 Å². The van der Waals surface area contributed by atoms with Gasteiger partial charge in [0.15, 0.2) is 0 Å². The van der Waals surface area contributed by atoms with Gasteiger partial charge in [-0.1, -0.05) is 0 Å². The van der Waals surface area contributed by atoms with Gasteiger partial charge in [-0.05, 0) is 38.8 Å². The first-order valence-electron chi connectivity index (χ1n) is 6.19. The SMILES string of the molecule is CCOC1CC(NCc2nc(C)ccc2O)C1. The molecular weight excluding hydrogens is 216 g/mol. The lowest BCUT2D eigenvalue weighted by atomic mass is 9.89. The number of hydrogen-bond acceptors (Lipinski definition) is 4. The van der Waals surface area contributed by atoms with Crippen LogP contribution in [0, 0.1) is 6.92 Å². The summed E-state index contributed by atoms with van der Waals surface area (Å²) < 4.78 is 5.50. The average molecular weight is 236 g/mol. The number of ether oxygens (including phenoxy) is 1. The van der Waals surface area contributed by atoms with Crippen LogP contribution in [0.2, 0.25) is 0 Å². The Morgan fingerprint density at radius 2 is 2.24 bits per heavy atom. The van der Waals surface area contributed by atoms with Crippen LogP contribution in [0.5, 0.6) is 5.75 Å². The van der Waals surface area contributed by atoms with Crippen LogP contribution in [-0.4, -0.2) is 28.8 Å². The first-order chi connectivity index (χ1) is 8.19. The quantitative estimate of drug-likeness (QED) is 0.818. The molecule has 0 saturated heterocycles. The highest BCUT2D eigenvalue weighted by Crippen LogP contribution is 2.24. The van der Waals surface area contributed by atoms with Crippen molar-refractivity contribution in [3.63, 3.8) is 0 Å². The third kappa shape index (κ3) is 3.17. The van der Waals surface area contributed by atoms with E-state index in [1.807, 2.05) is 19.9 Å². The van der Waals surface area contributed by atoms with E-state index in [4.69, 9.17) is 4.74 Å². The fraction of sp³-hybridized carbons (Fsp3) is 0.615. The fourth-order valence-corrected chi connectivity index (χ4v) is 2.08. The van der Waals surface area contributed by atoms with Crippen LogP contribution >= 0.6 is 0 Å². The van der Waals surface area contributed by atoms with Crippen molar-refractivity contribution in [2.45, 2.75) is 45.4 Å². The van der Waals surface area contributed by atoms with E-state index in [1.165, 1.54) is 0 Å². The van der Waals surface area contributed by atoms with Crippen LogP contribution in [0.3, 0.4) is 0 Å². The lowest BCUT2D eigenvalue weighted by Crippen LogP contribution is -2.45. The molecule has 0 spiro atoms. The van der Waals surface area contributed by atoms with E-state index >= 15 is 0 Å². The minimum Gasteiger partial charge on any atom is -0.506 e. The molecule has 0 unspecified atom stereocenters. The van der Waals surface area contributed by atoms with Crippen molar-refractivity contribution >= 4 is 0 Å². The Kier molecular flexibility index (Phi) is 3.97. The molecule has 0 bridgehead atoms. The zero-order chi connectivity index (χ0) is 12.3. The van der Waals surface area contributed by atoms with Crippen molar-refractivity contribution in [1.82, 2.24) is 10.3 Å². The van der Waals surface area contributed by atoms with Gasteiger partial charge in [0, 0.05) is 24.9 Å². The van der Waals surface area contributed by atoms with Gasteiger partial charge in [-0.3, -0.25) is 4.98 Å². The number of nitrogens with zero attached hydrogens (tertiary/aromatic N) is 1. The normalized spacial score (nSPS) is 23.4. The van der Waals surface area contributed by atoms with Crippen molar-refractivity contribution < 1.29 is 9.84 Å². The van der Waals surface area contributed by atoms with Gasteiger partial charge >= 0.3 is 0 Å². The van der Waals surface area contributed by atoms with Crippen molar-refractivity contribution in [2.75, 3.05) is 6.61 Å². The molecule has 17 heavy (non-hydrogen) atoms. The third-order valence-corrected chi connectivity index (χ3v) is 3.14. The minimum atomic E-state index is 0.267. The number of aryl methyl sites for hydroxylation is 1. The van der Waals surface area contributed by atoms with Crippen LogP contribution in [-0.2, 0) is 11.3 Å². The Morgan fingerprint density at radius 1 is 1.47 bits per heavy atom. The molecule has 0 radical (unpaired) electrons. The fourth-order valence-electron chi connectivity index (χ4n) is 2.08. The molecule has 1 aliphatic carbocycles. The summed E-state index contributed by atoms with van der Waals surface area (Å²) in [7, 11) is 0. The van der Waals surface area contributed by atoms with E-state index < -0.39 is 0 Å². The van der Waals surface area contributed by atoms with E-state index in [-0.39, 0.29) is 5.75 Å². The Hall–Kier alpha value is -1.13. The lowest BCUT2D eigenvalue weighted by Gasteiger charge is -2.35. The molecule has 2 N–H and O–H groups in total. The van der Waals surface area contributed by atoms with Crippen molar-refractivity contribution in [1.29, 1.82) is 0 Å². The molecule has 1 heterocycles. The predicted molar refractivity (Wildman–Crippen MR) is 65.9 cm³/mol. The second kappa shape index (κ2) is 5.47. The summed E-state index contributed by atoms with van der Waals surface area (Å²) in [6, 6.07) is 4.00. The number of aromatic nitrogens is 1. The molecule has 2 rings (SSSR count). The van der Waals surface area contributed by atoms with Gasteiger partial charge in [-0.2, -0.15) is 0 Å². The van der Waals surface area contributed by atoms with Gasteiger partial charge in [0.1, 0.15) is 5.75 Å². The van der Waals surface area contributed by atoms with Gasteiger partial charge in [0.25, 0.3) is 0 Å². The molecule has 4 heteroatoms. The summed E-state index contributed by atoms with van der Waals surface area (Å²) in [4.78, 5) is 4.31. The summed E-state index contributed by atoms with van der Waals surface area (Å²) in [5.74, 6) is 0.267. The van der Waals surface area contributed by atoms with Crippen LogP contribution < -0.4 is 5.32 Å². The second-order valence-corrected chi connectivity index (χ2v) is 4.55. The molecule has 1 aromatic rings. The first-order valence-corrected chi connectivity index (χ1v) is 6.19. The van der Waals surface area contributed by atoms with Gasteiger partial charge in [-0.15, -0.1) is 0 Å². The highest BCUT2D eigenvalue weighted by atomic mass is 16.5. The molecular formula is C13H20N2O2. The van der Waals surface area contributed by atoms with Crippen molar-refractivity contribution in [3.05, 3.63) is 23.5 Å². The number of hydrogen-bond donors (Lipinski definition) is 2. The Labute approximate surface area is 102 Å². The van der Waals surface area contributed by atoms with E-state index in [0.29, 0.717) is 18.7 Å². The molecule has 1 saturated carbocycles. The standard InChI is InChI=1S/C13H20N2O2/c1-3-17-11-6-10(7-11)14-8-12-13(16)5-4-9(2)15-12/h4-5,10-11,14,16H,3,6-8H2,1-2H3. The Morgan fingerprint density at radius 3 is 2.94 bits per heavy atom. The van der Waals surface area contributed by atoms with Gasteiger partial charge in [-0.25, -0.2) is 0 Å². The van der Waals surface area contributed by atoms with E-state index in [1.54, 1.807) is 6.07 Å². The molecule has 94 valence electrons. The number of nitrogens with one attached hydrogen (secondary N) is 1. The molecule has 1 fully saturated rings. The van der Waals surface area contributed by atoms with Gasteiger partial charge in [0.2, 0.25) is 0 Å². The summed E-state index contributed by atoms with van der Waals surface area (Å²) >= 11 is 0. The summed E-state index contributed by atoms with van der Waals surface area (Å²) in [6.45, 7) is 5.36. The molecule has 4 nitrogen and oxygen atoms in total. The number of aromatic hydroxyl groups is 1. The predicted octanol–water partition coefficient (Wildman–Crippen LogP) is 1.75. The highest BCUT2D eigenvalue weighted by molar-refractivity contribution is 5.27. The molecule has 0 atom stereocenters. The average Bonchev–Trinajstić information content (AvgIpc) is 2.26. The van der Waals surface area contributed by atoms with Gasteiger partial charge in [0.05, 0.1) is 11.8 Å². The van der Waals surface area contributed by atoms with E-state index in [2.05, 4.69) is 10.3 Å². The highest BCUT2D eigenvalue weighted by Gasteiger charge is 2.29. The van der Waals surface area contributed by atoms with Crippen LogP contribution in [0.15, 0.2) is 12.1 Å². The second-order valence-electron chi connectivity index (χ2n) is 4.55. The molecule has 0 aliphatic heterocycles. The van der Waals surface area contributed by atoms with Crippen molar-refractivity contribution in [2.24, 2.45) is 0 Å². The Balaban J connectivity index is 1.77. The molecule has 1 aliphatic rings. The van der Waals surface area contributed by atoms with E-state index in [0.717, 1.165) is 30.8 Å². The Bertz CT molecular complexity index is 376. The third-order valence-electron chi connectivity index (χ3n) is 3.14. The molecule has 0 aromatic carbocycles. The summed E-state index contributed by atoms with van der Waals surface area (Å²) in [5.41, 5.74) is 1.66. The zero-order valence-corrected chi connectivity index (χ0v) is 10.4. The zero-order valence-electron chi connectivity index (χ0n) is 10.4. The topological polar surface area (TPSA) is 54.4 Å².